The van der Waals surface area contributed by atoms with Crippen LogP contribution in [0.4, 0.5) is 13.2 Å². The molecule has 0 aliphatic heterocycles. The third kappa shape index (κ3) is 8.91. The molecule has 0 saturated carbocycles. The summed E-state index contributed by atoms with van der Waals surface area (Å²) >= 11 is 5.52. The van der Waals surface area contributed by atoms with Gasteiger partial charge in [-0.15, -0.1) is 0 Å². The van der Waals surface area contributed by atoms with Gasteiger partial charge >= 0.3 is 0 Å². The minimum Gasteiger partial charge on any atom is -0.490 e. The standard InChI is InChI=1S/C19H25F2N3O.C6H5ClFN/c1-13(2)9-19(3,22)12-25-18-5-4-16(24-17(18)11-21)14-6-7-23-15(8-14)10-20;7-5-1-2-9-6(3-5)4-8/h4-8,13H,9-12,22H2,1-3H3;1-3H,4H2/t19-;/m0./s1. The molecule has 9 heteroatoms. The number of hydrogen-bond donors (Lipinski definition) is 1. The number of pyridine rings is 3. The Morgan fingerprint density at radius 3 is 2.18 bits per heavy atom. The topological polar surface area (TPSA) is 73.9 Å². The molecule has 1 atom stereocenters. The van der Waals surface area contributed by atoms with Gasteiger partial charge in [-0.2, -0.15) is 0 Å². The van der Waals surface area contributed by atoms with Crippen LogP contribution in [0.3, 0.4) is 0 Å². The van der Waals surface area contributed by atoms with Gasteiger partial charge in [0, 0.05) is 28.5 Å². The lowest BCUT2D eigenvalue weighted by molar-refractivity contribution is 0.203. The highest BCUT2D eigenvalue weighted by atomic mass is 35.5. The van der Waals surface area contributed by atoms with E-state index in [1.807, 2.05) is 6.92 Å². The van der Waals surface area contributed by atoms with Crippen molar-refractivity contribution < 1.29 is 17.9 Å². The van der Waals surface area contributed by atoms with Crippen LogP contribution in [0.15, 0.2) is 48.8 Å². The molecule has 0 aromatic carbocycles. The Morgan fingerprint density at radius 1 is 0.971 bits per heavy atom. The first kappa shape index (κ1) is 27.5. The van der Waals surface area contributed by atoms with E-state index in [-0.39, 0.29) is 12.3 Å². The average molecular weight is 495 g/mol. The zero-order valence-corrected chi connectivity index (χ0v) is 20.3. The lowest BCUT2D eigenvalue weighted by Crippen LogP contribution is -2.43. The second kappa shape index (κ2) is 13.2. The highest BCUT2D eigenvalue weighted by Gasteiger charge is 2.22. The van der Waals surface area contributed by atoms with Gasteiger partial charge in [-0.1, -0.05) is 25.4 Å². The number of halogens is 4. The molecule has 0 amide bonds. The van der Waals surface area contributed by atoms with Crippen molar-refractivity contribution in [2.45, 2.75) is 52.8 Å². The molecule has 3 aromatic heterocycles. The SMILES string of the molecule is CC(C)C[C@](C)(N)COc1ccc(-c2ccnc(CF)c2)nc1CF.FCc1cc(Cl)ccn1. The Kier molecular flexibility index (Phi) is 10.7. The van der Waals surface area contributed by atoms with Crippen molar-refractivity contribution >= 4 is 11.6 Å². The van der Waals surface area contributed by atoms with Gasteiger partial charge < -0.3 is 10.5 Å². The smallest absolute Gasteiger partial charge is 0.143 e. The molecular weight excluding hydrogens is 465 g/mol. The van der Waals surface area contributed by atoms with Crippen molar-refractivity contribution in [3.8, 4) is 17.0 Å². The minimum atomic E-state index is -0.754. The van der Waals surface area contributed by atoms with Crippen LogP contribution in [0.1, 0.15) is 44.3 Å². The lowest BCUT2D eigenvalue weighted by Gasteiger charge is -2.27. The molecule has 184 valence electrons. The third-order valence-corrected chi connectivity index (χ3v) is 4.89. The molecule has 0 saturated heterocycles. The Morgan fingerprint density at radius 2 is 1.62 bits per heavy atom. The van der Waals surface area contributed by atoms with Crippen molar-refractivity contribution in [3.05, 3.63) is 70.9 Å². The summed E-state index contributed by atoms with van der Waals surface area (Å²) in [5.74, 6) is 0.822. The monoisotopic (exact) mass is 494 g/mol. The minimum absolute atomic E-state index is 0.205. The Balaban J connectivity index is 0.000000379. The van der Waals surface area contributed by atoms with Gasteiger partial charge in [0.15, 0.2) is 0 Å². The first-order chi connectivity index (χ1) is 16.2. The molecule has 3 heterocycles. The van der Waals surface area contributed by atoms with E-state index in [0.29, 0.717) is 39.3 Å². The second-order valence-corrected chi connectivity index (χ2v) is 9.02. The molecule has 0 radical (unpaired) electrons. The molecule has 3 rings (SSSR count). The van der Waals surface area contributed by atoms with E-state index in [9.17, 15) is 13.2 Å². The number of alkyl halides is 3. The fourth-order valence-electron chi connectivity index (χ4n) is 3.34. The van der Waals surface area contributed by atoms with E-state index in [1.54, 1.807) is 30.3 Å². The van der Waals surface area contributed by atoms with Crippen LogP contribution >= 0.6 is 11.6 Å². The highest BCUT2D eigenvalue weighted by molar-refractivity contribution is 6.30. The molecule has 3 aromatic rings. The maximum atomic E-state index is 13.4. The van der Waals surface area contributed by atoms with Gasteiger partial charge in [0.2, 0.25) is 0 Å². The fourth-order valence-corrected chi connectivity index (χ4v) is 3.53. The highest BCUT2D eigenvalue weighted by Crippen LogP contribution is 2.26. The maximum Gasteiger partial charge on any atom is 0.143 e. The molecule has 0 bridgehead atoms. The van der Waals surface area contributed by atoms with Crippen LogP contribution < -0.4 is 10.5 Å². The van der Waals surface area contributed by atoms with Crippen LogP contribution in [0.2, 0.25) is 5.02 Å². The zero-order valence-electron chi connectivity index (χ0n) is 19.6. The van der Waals surface area contributed by atoms with Gasteiger partial charge in [0.1, 0.15) is 38.1 Å². The van der Waals surface area contributed by atoms with E-state index in [0.717, 1.165) is 6.42 Å². The summed E-state index contributed by atoms with van der Waals surface area (Å²) in [4.78, 5) is 11.9. The lowest BCUT2D eigenvalue weighted by atomic mass is 9.93. The maximum absolute atomic E-state index is 13.4. The Labute approximate surface area is 203 Å². The molecule has 0 aliphatic rings. The number of aromatic nitrogens is 3. The Bertz CT molecular complexity index is 1050. The van der Waals surface area contributed by atoms with Gasteiger partial charge in [0.25, 0.3) is 0 Å². The summed E-state index contributed by atoms with van der Waals surface area (Å²) in [7, 11) is 0. The average Bonchev–Trinajstić information content (AvgIpc) is 2.82. The predicted octanol–water partition coefficient (Wildman–Crippen LogP) is 6.43. The molecule has 2 N–H and O–H groups in total. The fraction of sp³-hybridized carbons (Fsp3) is 0.400. The first-order valence-corrected chi connectivity index (χ1v) is 11.2. The number of nitrogens with two attached hydrogens (primary N) is 1. The summed E-state index contributed by atoms with van der Waals surface area (Å²) < 4.78 is 43.7. The van der Waals surface area contributed by atoms with Crippen molar-refractivity contribution in [2.24, 2.45) is 11.7 Å². The van der Waals surface area contributed by atoms with Crippen LogP contribution in [-0.4, -0.2) is 27.1 Å². The van der Waals surface area contributed by atoms with Crippen molar-refractivity contribution in [1.82, 2.24) is 15.0 Å². The van der Waals surface area contributed by atoms with E-state index < -0.39 is 25.6 Å². The van der Waals surface area contributed by atoms with Crippen molar-refractivity contribution in [3.63, 3.8) is 0 Å². The normalized spacial score (nSPS) is 12.6. The first-order valence-electron chi connectivity index (χ1n) is 10.8. The van der Waals surface area contributed by atoms with Crippen LogP contribution in [0, 0.1) is 5.92 Å². The second-order valence-electron chi connectivity index (χ2n) is 8.58. The third-order valence-electron chi connectivity index (χ3n) is 4.66. The molecule has 0 unspecified atom stereocenters. The predicted molar refractivity (Wildman–Crippen MR) is 129 cm³/mol. The number of hydrogen-bond acceptors (Lipinski definition) is 5. The molecule has 34 heavy (non-hydrogen) atoms. The number of ether oxygens (including phenoxy) is 1. The van der Waals surface area contributed by atoms with Gasteiger partial charge in [-0.05, 0) is 55.7 Å². The molecule has 0 spiro atoms. The zero-order chi connectivity index (χ0) is 25.1. The molecule has 0 fully saturated rings. The van der Waals surface area contributed by atoms with Gasteiger partial charge in [-0.25, -0.2) is 18.2 Å². The van der Waals surface area contributed by atoms with Crippen LogP contribution in [-0.2, 0) is 20.0 Å². The molecule has 5 nitrogen and oxygen atoms in total. The van der Waals surface area contributed by atoms with Crippen LogP contribution in [0.5, 0.6) is 5.75 Å². The van der Waals surface area contributed by atoms with E-state index in [4.69, 9.17) is 22.1 Å². The van der Waals surface area contributed by atoms with Crippen LogP contribution in [0.25, 0.3) is 11.3 Å². The Hall–Kier alpha value is -2.71. The summed E-state index contributed by atoms with van der Waals surface area (Å²) in [5.41, 5.74) is 7.86. The number of nitrogens with zero attached hydrogens (tertiary/aromatic N) is 3. The van der Waals surface area contributed by atoms with Crippen molar-refractivity contribution in [1.29, 1.82) is 0 Å². The van der Waals surface area contributed by atoms with E-state index in [2.05, 4.69) is 28.8 Å². The largest absolute Gasteiger partial charge is 0.490 e. The summed E-state index contributed by atoms with van der Waals surface area (Å²) in [6.07, 6.45) is 3.79. The van der Waals surface area contributed by atoms with E-state index in [1.165, 1.54) is 18.5 Å². The summed E-state index contributed by atoms with van der Waals surface area (Å²) in [6.45, 7) is 4.41. The quantitative estimate of drug-likeness (QED) is 0.371. The van der Waals surface area contributed by atoms with Gasteiger partial charge in [0.05, 0.1) is 17.1 Å². The van der Waals surface area contributed by atoms with E-state index >= 15 is 0 Å². The number of rotatable bonds is 9. The summed E-state index contributed by atoms with van der Waals surface area (Å²) in [6, 6.07) is 9.83. The van der Waals surface area contributed by atoms with Gasteiger partial charge in [-0.3, -0.25) is 9.97 Å². The molecular formula is C25H30ClF3N4O. The summed E-state index contributed by atoms with van der Waals surface area (Å²) in [5, 5.41) is 0.526. The molecule has 0 aliphatic carbocycles. The van der Waals surface area contributed by atoms with Crippen molar-refractivity contribution in [2.75, 3.05) is 6.61 Å².